The smallest absolute Gasteiger partial charge is 0.217 e. The number of piperidine rings is 1. The number of carbonyl (C=O) groups is 1. The fraction of sp³-hybridized carbons (Fsp3) is 0.500. The minimum absolute atomic E-state index is 0.0700. The highest BCUT2D eigenvalue weighted by molar-refractivity contribution is 5.73. The molecule has 1 saturated heterocycles. The van der Waals surface area contributed by atoms with E-state index >= 15 is 0 Å². The van der Waals surface area contributed by atoms with Crippen molar-refractivity contribution in [3.8, 4) is 0 Å². The van der Waals surface area contributed by atoms with E-state index < -0.39 is 11.6 Å². The van der Waals surface area contributed by atoms with Crippen molar-refractivity contribution in [1.82, 2.24) is 10.3 Å². The summed E-state index contributed by atoms with van der Waals surface area (Å²) in [5, 5.41) is 2.83. The van der Waals surface area contributed by atoms with Crippen LogP contribution in [0.5, 0.6) is 0 Å². The molecule has 1 fully saturated rings. The monoisotopic (exact) mass is 285 g/mol. The summed E-state index contributed by atoms with van der Waals surface area (Å²) in [5.74, 6) is 3.38. The standard InChI is InChI=1S/C12H17F2N5O/c1-7(20)16-8-2-4-19(5-3-8)12-10(14)6-9(13)11(17-12)18-15/h6,8H,2-5,15H2,1H3,(H,16,20)(H,17,18). The Kier molecular flexibility index (Phi) is 4.33. The number of hydrogen-bond donors (Lipinski definition) is 3. The Balaban J connectivity index is 2.08. The maximum atomic E-state index is 13.8. The van der Waals surface area contributed by atoms with Gasteiger partial charge >= 0.3 is 0 Å². The molecule has 0 saturated carbocycles. The molecule has 0 aliphatic carbocycles. The summed E-state index contributed by atoms with van der Waals surface area (Å²) >= 11 is 0. The van der Waals surface area contributed by atoms with Gasteiger partial charge in [0, 0.05) is 32.1 Å². The van der Waals surface area contributed by atoms with Gasteiger partial charge in [0.15, 0.2) is 23.3 Å². The van der Waals surface area contributed by atoms with Crippen molar-refractivity contribution in [2.75, 3.05) is 23.4 Å². The molecule has 0 atom stereocenters. The molecule has 1 aliphatic rings. The van der Waals surface area contributed by atoms with Crippen LogP contribution in [0.3, 0.4) is 0 Å². The second kappa shape index (κ2) is 6.00. The van der Waals surface area contributed by atoms with E-state index in [0.29, 0.717) is 25.9 Å². The third kappa shape index (κ3) is 3.13. The molecule has 1 aromatic heterocycles. The van der Waals surface area contributed by atoms with Crippen molar-refractivity contribution in [1.29, 1.82) is 0 Å². The van der Waals surface area contributed by atoms with Crippen LogP contribution in [0.1, 0.15) is 19.8 Å². The quantitative estimate of drug-likeness (QED) is 0.564. The van der Waals surface area contributed by atoms with Gasteiger partial charge in [-0.1, -0.05) is 0 Å². The highest BCUT2D eigenvalue weighted by Gasteiger charge is 2.24. The van der Waals surface area contributed by atoms with Crippen molar-refractivity contribution < 1.29 is 13.6 Å². The van der Waals surface area contributed by atoms with E-state index in [0.717, 1.165) is 6.07 Å². The number of nitrogens with zero attached hydrogens (tertiary/aromatic N) is 2. The number of anilines is 2. The van der Waals surface area contributed by atoms with Crippen molar-refractivity contribution in [3.63, 3.8) is 0 Å². The zero-order chi connectivity index (χ0) is 14.7. The Morgan fingerprint density at radius 3 is 2.60 bits per heavy atom. The molecule has 0 spiro atoms. The van der Waals surface area contributed by atoms with Crippen molar-refractivity contribution in [2.45, 2.75) is 25.8 Å². The number of nitrogens with one attached hydrogen (secondary N) is 2. The minimum atomic E-state index is -0.832. The highest BCUT2D eigenvalue weighted by atomic mass is 19.1. The van der Waals surface area contributed by atoms with Gasteiger partial charge < -0.3 is 15.6 Å². The first-order chi connectivity index (χ1) is 9.51. The van der Waals surface area contributed by atoms with Gasteiger partial charge in [-0.3, -0.25) is 4.79 Å². The molecule has 0 bridgehead atoms. The summed E-state index contributed by atoms with van der Waals surface area (Å²) in [7, 11) is 0. The number of halogens is 2. The largest absolute Gasteiger partial charge is 0.354 e. The first-order valence-electron chi connectivity index (χ1n) is 6.36. The average Bonchev–Trinajstić information content (AvgIpc) is 2.39. The molecule has 0 aromatic carbocycles. The molecule has 4 N–H and O–H groups in total. The summed E-state index contributed by atoms with van der Waals surface area (Å²) in [6.45, 7) is 2.53. The van der Waals surface area contributed by atoms with E-state index in [-0.39, 0.29) is 23.6 Å². The first-order valence-corrected chi connectivity index (χ1v) is 6.36. The van der Waals surface area contributed by atoms with E-state index in [9.17, 15) is 13.6 Å². The number of hydrogen-bond acceptors (Lipinski definition) is 5. The zero-order valence-corrected chi connectivity index (χ0v) is 11.1. The summed E-state index contributed by atoms with van der Waals surface area (Å²) in [6, 6.07) is 0.844. The van der Waals surface area contributed by atoms with Gasteiger partial charge in [-0.25, -0.2) is 19.6 Å². The van der Waals surface area contributed by atoms with Crippen LogP contribution in [0.15, 0.2) is 6.07 Å². The third-order valence-corrected chi connectivity index (χ3v) is 3.25. The van der Waals surface area contributed by atoms with Crippen LogP contribution < -0.4 is 21.5 Å². The number of rotatable bonds is 3. The maximum absolute atomic E-state index is 13.8. The summed E-state index contributed by atoms with van der Waals surface area (Å²) in [5.41, 5.74) is 2.10. The third-order valence-electron chi connectivity index (χ3n) is 3.25. The van der Waals surface area contributed by atoms with Gasteiger partial charge in [0.25, 0.3) is 0 Å². The molecule has 1 aromatic rings. The Hall–Kier alpha value is -1.96. The van der Waals surface area contributed by atoms with E-state index in [1.165, 1.54) is 6.92 Å². The van der Waals surface area contributed by atoms with E-state index in [2.05, 4.69) is 15.7 Å². The molecule has 0 radical (unpaired) electrons. The second-order valence-corrected chi connectivity index (χ2v) is 4.73. The van der Waals surface area contributed by atoms with Gasteiger partial charge in [-0.15, -0.1) is 0 Å². The summed E-state index contributed by atoms with van der Waals surface area (Å²) < 4.78 is 27.1. The number of carbonyl (C=O) groups excluding carboxylic acids is 1. The van der Waals surface area contributed by atoms with Gasteiger partial charge in [0.1, 0.15) is 0 Å². The Labute approximate surface area is 115 Å². The fourth-order valence-electron chi connectivity index (χ4n) is 2.30. The molecule has 110 valence electrons. The molecule has 1 aliphatic heterocycles. The fourth-order valence-corrected chi connectivity index (χ4v) is 2.30. The molecular formula is C12H17F2N5O. The normalized spacial score (nSPS) is 16.1. The van der Waals surface area contributed by atoms with Crippen molar-refractivity contribution in [3.05, 3.63) is 17.7 Å². The van der Waals surface area contributed by atoms with E-state index in [4.69, 9.17) is 5.84 Å². The molecule has 8 heteroatoms. The first kappa shape index (κ1) is 14.4. The SMILES string of the molecule is CC(=O)NC1CCN(c2nc(NN)c(F)cc2F)CC1. The van der Waals surface area contributed by atoms with Gasteiger partial charge in [0.2, 0.25) is 5.91 Å². The van der Waals surface area contributed by atoms with Gasteiger partial charge in [-0.2, -0.15) is 0 Å². The van der Waals surface area contributed by atoms with Crippen LogP contribution in [-0.2, 0) is 4.79 Å². The highest BCUT2D eigenvalue weighted by Crippen LogP contribution is 2.24. The molecule has 0 unspecified atom stereocenters. The van der Waals surface area contributed by atoms with Gasteiger partial charge in [-0.05, 0) is 12.8 Å². The lowest BCUT2D eigenvalue weighted by molar-refractivity contribution is -0.119. The summed E-state index contributed by atoms with van der Waals surface area (Å²) in [4.78, 5) is 16.5. The summed E-state index contributed by atoms with van der Waals surface area (Å²) in [6.07, 6.45) is 1.37. The van der Waals surface area contributed by atoms with Crippen LogP contribution in [0.25, 0.3) is 0 Å². The number of pyridine rings is 1. The topological polar surface area (TPSA) is 83.3 Å². The van der Waals surface area contributed by atoms with Crippen molar-refractivity contribution >= 4 is 17.5 Å². The Morgan fingerprint density at radius 1 is 1.40 bits per heavy atom. The molecule has 1 amide bonds. The van der Waals surface area contributed by atoms with E-state index in [1.807, 2.05) is 0 Å². The van der Waals surface area contributed by atoms with Crippen LogP contribution in [0.4, 0.5) is 20.4 Å². The van der Waals surface area contributed by atoms with Crippen LogP contribution in [0.2, 0.25) is 0 Å². The molecule has 6 nitrogen and oxygen atoms in total. The average molecular weight is 285 g/mol. The molecule has 2 heterocycles. The maximum Gasteiger partial charge on any atom is 0.217 e. The minimum Gasteiger partial charge on any atom is -0.354 e. The van der Waals surface area contributed by atoms with Crippen LogP contribution in [-0.4, -0.2) is 30.0 Å². The number of nitrogens with two attached hydrogens (primary N) is 1. The number of hydrazine groups is 1. The number of aromatic nitrogens is 1. The van der Waals surface area contributed by atoms with Crippen molar-refractivity contribution in [2.24, 2.45) is 5.84 Å². The Bertz CT molecular complexity index is 503. The lowest BCUT2D eigenvalue weighted by Gasteiger charge is -2.33. The predicted octanol–water partition coefficient (Wildman–Crippen LogP) is 0.750. The van der Waals surface area contributed by atoms with Crippen LogP contribution in [0, 0.1) is 11.6 Å². The lowest BCUT2D eigenvalue weighted by atomic mass is 10.0. The number of amides is 1. The Morgan fingerprint density at radius 2 is 2.05 bits per heavy atom. The molecule has 20 heavy (non-hydrogen) atoms. The predicted molar refractivity (Wildman–Crippen MR) is 71.0 cm³/mol. The van der Waals surface area contributed by atoms with Crippen LogP contribution >= 0.6 is 0 Å². The second-order valence-electron chi connectivity index (χ2n) is 4.73. The number of nitrogen functional groups attached to an aromatic ring is 1. The molecular weight excluding hydrogens is 268 g/mol. The lowest BCUT2D eigenvalue weighted by Crippen LogP contribution is -2.44. The zero-order valence-electron chi connectivity index (χ0n) is 11.1. The van der Waals surface area contributed by atoms with E-state index in [1.54, 1.807) is 4.90 Å². The molecule has 2 rings (SSSR count). The van der Waals surface area contributed by atoms with Gasteiger partial charge in [0.05, 0.1) is 0 Å².